The minimum atomic E-state index is -2.86. The molecule has 0 radical (unpaired) electrons. The Hall–Kier alpha value is -0.880. The summed E-state index contributed by atoms with van der Waals surface area (Å²) in [6.45, 7) is 1.04. The van der Waals surface area contributed by atoms with Crippen molar-refractivity contribution in [3.05, 3.63) is 12.2 Å². The van der Waals surface area contributed by atoms with Crippen molar-refractivity contribution in [1.29, 1.82) is 0 Å². The lowest BCUT2D eigenvalue weighted by atomic mass is 10.1. The van der Waals surface area contributed by atoms with Crippen molar-refractivity contribution >= 4 is 15.8 Å². The van der Waals surface area contributed by atoms with E-state index in [1.807, 2.05) is 6.08 Å². The fourth-order valence-corrected chi connectivity index (χ4v) is 3.42. The van der Waals surface area contributed by atoms with Gasteiger partial charge in [0.2, 0.25) is 0 Å². The second-order valence-electron chi connectivity index (χ2n) is 4.32. The second kappa shape index (κ2) is 4.18. The van der Waals surface area contributed by atoms with Gasteiger partial charge in [-0.25, -0.2) is 8.42 Å². The summed E-state index contributed by atoms with van der Waals surface area (Å²) in [5.41, 5.74) is 0. The molecule has 1 aliphatic heterocycles. The highest BCUT2D eigenvalue weighted by Gasteiger charge is 2.31. The Labute approximate surface area is 94.7 Å². The van der Waals surface area contributed by atoms with E-state index in [1.165, 1.54) is 0 Å². The van der Waals surface area contributed by atoms with Crippen molar-refractivity contribution in [2.45, 2.75) is 12.5 Å². The monoisotopic (exact) mass is 245 g/mol. The average molecular weight is 245 g/mol. The molecule has 2 aliphatic rings. The molecule has 0 amide bonds. The molecule has 0 saturated carbocycles. The van der Waals surface area contributed by atoms with Gasteiger partial charge in [0, 0.05) is 19.1 Å². The second-order valence-corrected chi connectivity index (χ2v) is 6.62. The third-order valence-corrected chi connectivity index (χ3v) is 4.84. The van der Waals surface area contributed by atoms with Crippen LogP contribution in [0.2, 0.25) is 0 Å². The van der Waals surface area contributed by atoms with E-state index in [0.717, 1.165) is 0 Å². The van der Waals surface area contributed by atoms with Gasteiger partial charge in [0.05, 0.1) is 17.4 Å². The van der Waals surface area contributed by atoms with Crippen LogP contribution in [0.1, 0.15) is 6.42 Å². The third kappa shape index (κ3) is 2.44. The van der Waals surface area contributed by atoms with E-state index in [4.69, 9.17) is 5.11 Å². The van der Waals surface area contributed by atoms with Crippen LogP contribution in [0, 0.1) is 5.92 Å². The van der Waals surface area contributed by atoms with E-state index in [1.54, 1.807) is 6.08 Å². The number of aliphatic carboxylic acids is 1. The molecule has 0 aromatic rings. The van der Waals surface area contributed by atoms with Gasteiger partial charge in [-0.1, -0.05) is 12.2 Å². The highest BCUT2D eigenvalue weighted by molar-refractivity contribution is 7.91. The van der Waals surface area contributed by atoms with Crippen LogP contribution in [-0.4, -0.2) is 55.0 Å². The zero-order chi connectivity index (χ0) is 11.8. The molecule has 1 aliphatic carbocycles. The molecule has 5 nitrogen and oxygen atoms in total. The third-order valence-electron chi connectivity index (χ3n) is 3.23. The summed E-state index contributed by atoms with van der Waals surface area (Å²) in [7, 11) is -2.86. The molecule has 1 saturated heterocycles. The van der Waals surface area contributed by atoms with Gasteiger partial charge in [0.25, 0.3) is 0 Å². The number of carboxylic acids is 1. The zero-order valence-corrected chi connectivity index (χ0v) is 9.69. The molecule has 0 bridgehead atoms. The summed E-state index contributed by atoms with van der Waals surface area (Å²) in [5, 5.41) is 8.85. The maximum Gasteiger partial charge on any atom is 0.310 e. The van der Waals surface area contributed by atoms with Crippen molar-refractivity contribution in [2.75, 3.05) is 24.6 Å². The minimum Gasteiger partial charge on any atom is -0.481 e. The average Bonchev–Trinajstić information content (AvgIpc) is 2.66. The SMILES string of the molecule is O=C(O)C1C=CC(N2CCS(=O)(=O)CC2)C1. The van der Waals surface area contributed by atoms with Gasteiger partial charge in [-0.3, -0.25) is 9.69 Å². The highest BCUT2D eigenvalue weighted by Crippen LogP contribution is 2.23. The maximum absolute atomic E-state index is 11.2. The topological polar surface area (TPSA) is 74.7 Å². The van der Waals surface area contributed by atoms with Crippen molar-refractivity contribution in [1.82, 2.24) is 4.90 Å². The van der Waals surface area contributed by atoms with E-state index < -0.39 is 21.7 Å². The molecule has 2 atom stereocenters. The molecule has 2 unspecified atom stereocenters. The summed E-state index contributed by atoms with van der Waals surface area (Å²) < 4.78 is 22.5. The fourth-order valence-electron chi connectivity index (χ4n) is 2.19. The van der Waals surface area contributed by atoms with Gasteiger partial charge in [-0.2, -0.15) is 0 Å². The van der Waals surface area contributed by atoms with E-state index in [0.29, 0.717) is 19.5 Å². The summed E-state index contributed by atoms with van der Waals surface area (Å²) >= 11 is 0. The van der Waals surface area contributed by atoms with Crippen LogP contribution in [-0.2, 0) is 14.6 Å². The maximum atomic E-state index is 11.2. The van der Waals surface area contributed by atoms with E-state index in [2.05, 4.69) is 4.90 Å². The zero-order valence-electron chi connectivity index (χ0n) is 8.87. The number of nitrogens with zero attached hydrogens (tertiary/aromatic N) is 1. The Kier molecular flexibility index (Phi) is 3.03. The first-order chi connectivity index (χ1) is 7.48. The van der Waals surface area contributed by atoms with Gasteiger partial charge < -0.3 is 5.11 Å². The summed E-state index contributed by atoms with van der Waals surface area (Å²) in [6, 6.07) is 0.0941. The number of carbonyl (C=O) groups is 1. The Morgan fingerprint density at radius 1 is 1.25 bits per heavy atom. The molecule has 0 aromatic carbocycles. The molecule has 0 aromatic heterocycles. The first-order valence-corrected chi connectivity index (χ1v) is 7.16. The molecule has 0 spiro atoms. The quantitative estimate of drug-likeness (QED) is 0.679. The Morgan fingerprint density at radius 3 is 2.38 bits per heavy atom. The predicted octanol–water partition coefficient (Wildman–Crippen LogP) is -0.254. The number of rotatable bonds is 2. The highest BCUT2D eigenvalue weighted by atomic mass is 32.2. The molecule has 90 valence electrons. The number of sulfone groups is 1. The first kappa shape index (κ1) is 11.6. The van der Waals surface area contributed by atoms with Crippen LogP contribution < -0.4 is 0 Å². The lowest BCUT2D eigenvalue weighted by Crippen LogP contribution is -2.45. The van der Waals surface area contributed by atoms with E-state index in [-0.39, 0.29) is 17.5 Å². The van der Waals surface area contributed by atoms with E-state index in [9.17, 15) is 13.2 Å². The van der Waals surface area contributed by atoms with Gasteiger partial charge in [-0.05, 0) is 6.42 Å². The lowest BCUT2D eigenvalue weighted by molar-refractivity contribution is -0.140. The molecule has 6 heteroatoms. The summed E-state index contributed by atoms with van der Waals surface area (Å²) in [4.78, 5) is 12.8. The van der Waals surface area contributed by atoms with Gasteiger partial charge in [0.15, 0.2) is 9.84 Å². The van der Waals surface area contributed by atoms with Gasteiger partial charge in [0.1, 0.15) is 0 Å². The number of hydrogen-bond acceptors (Lipinski definition) is 4. The Bertz CT molecular complexity index is 401. The molecule has 1 fully saturated rings. The summed E-state index contributed by atoms with van der Waals surface area (Å²) in [5.74, 6) is -0.837. The van der Waals surface area contributed by atoms with Crippen molar-refractivity contribution < 1.29 is 18.3 Å². The predicted molar refractivity (Wildman–Crippen MR) is 58.9 cm³/mol. The number of carboxylic acid groups (broad SMARTS) is 1. The molecular weight excluding hydrogens is 230 g/mol. The van der Waals surface area contributed by atoms with E-state index >= 15 is 0 Å². The van der Waals surface area contributed by atoms with Crippen LogP contribution in [0.4, 0.5) is 0 Å². The van der Waals surface area contributed by atoms with Crippen molar-refractivity contribution in [3.63, 3.8) is 0 Å². The van der Waals surface area contributed by atoms with Gasteiger partial charge in [-0.15, -0.1) is 0 Å². The smallest absolute Gasteiger partial charge is 0.310 e. The van der Waals surface area contributed by atoms with Crippen molar-refractivity contribution in [2.24, 2.45) is 5.92 Å². The minimum absolute atomic E-state index is 0.0941. The standard InChI is InChI=1S/C10H15NO4S/c12-10(13)8-1-2-9(7-8)11-3-5-16(14,15)6-4-11/h1-2,8-9H,3-7H2,(H,12,13). The largest absolute Gasteiger partial charge is 0.481 e. The van der Waals surface area contributed by atoms with Gasteiger partial charge >= 0.3 is 5.97 Å². The molecule has 16 heavy (non-hydrogen) atoms. The summed E-state index contributed by atoms with van der Waals surface area (Å²) in [6.07, 6.45) is 4.15. The van der Waals surface area contributed by atoms with Crippen LogP contribution in [0.15, 0.2) is 12.2 Å². The number of hydrogen-bond donors (Lipinski definition) is 1. The molecule has 1 heterocycles. The Balaban J connectivity index is 1.93. The first-order valence-electron chi connectivity index (χ1n) is 5.33. The van der Waals surface area contributed by atoms with Crippen molar-refractivity contribution in [3.8, 4) is 0 Å². The Morgan fingerprint density at radius 2 is 1.88 bits per heavy atom. The van der Waals surface area contributed by atoms with Crippen LogP contribution in [0.3, 0.4) is 0 Å². The lowest BCUT2D eigenvalue weighted by Gasteiger charge is -2.31. The fraction of sp³-hybridized carbons (Fsp3) is 0.700. The molecule has 1 N–H and O–H groups in total. The molecule has 2 rings (SSSR count). The van der Waals surface area contributed by atoms with Crippen LogP contribution >= 0.6 is 0 Å². The normalized spacial score (nSPS) is 34.0. The van der Waals surface area contributed by atoms with Crippen LogP contribution in [0.25, 0.3) is 0 Å². The molecular formula is C10H15NO4S. The van der Waals surface area contributed by atoms with Crippen LogP contribution in [0.5, 0.6) is 0 Å².